The Labute approximate surface area is 207 Å². The molecule has 2 amide bonds. The van der Waals surface area contributed by atoms with E-state index in [-0.39, 0.29) is 17.6 Å². The number of ether oxygens (including phenoxy) is 1. The Morgan fingerprint density at radius 1 is 1.06 bits per heavy atom. The highest BCUT2D eigenvalue weighted by atomic mass is 32.2. The Bertz CT molecular complexity index is 1130. The maximum atomic E-state index is 13.6. The molecule has 2 aliphatic rings. The third kappa shape index (κ3) is 6.31. The molecule has 188 valence electrons. The van der Waals surface area contributed by atoms with Crippen LogP contribution >= 0.6 is 11.8 Å². The van der Waals surface area contributed by atoms with E-state index in [9.17, 15) is 22.8 Å². The van der Waals surface area contributed by atoms with Gasteiger partial charge in [0.1, 0.15) is 5.60 Å². The molecule has 0 aromatic heterocycles. The van der Waals surface area contributed by atoms with Gasteiger partial charge in [0.05, 0.1) is 5.56 Å². The average Bonchev–Trinajstić information content (AvgIpc) is 2.76. The second-order valence-corrected chi connectivity index (χ2v) is 11.2. The van der Waals surface area contributed by atoms with E-state index >= 15 is 0 Å². The minimum atomic E-state index is -4.53. The fourth-order valence-electron chi connectivity index (χ4n) is 4.52. The molecule has 1 fully saturated rings. The van der Waals surface area contributed by atoms with Crippen LogP contribution in [0.15, 0.2) is 46.2 Å². The van der Waals surface area contributed by atoms with Gasteiger partial charge in [0.2, 0.25) is 5.91 Å². The number of amides is 2. The normalized spacial score (nSPS) is 19.8. The molecule has 2 aromatic rings. The first-order valence-corrected chi connectivity index (χ1v) is 12.5. The van der Waals surface area contributed by atoms with Gasteiger partial charge in [-0.1, -0.05) is 36.4 Å². The van der Waals surface area contributed by atoms with Crippen LogP contribution in [-0.4, -0.2) is 23.6 Å². The molecule has 1 aliphatic carbocycles. The van der Waals surface area contributed by atoms with E-state index in [0.29, 0.717) is 29.7 Å². The van der Waals surface area contributed by atoms with Crippen molar-refractivity contribution in [2.45, 2.75) is 80.5 Å². The van der Waals surface area contributed by atoms with Crippen molar-refractivity contribution < 1.29 is 27.5 Å². The van der Waals surface area contributed by atoms with Crippen LogP contribution in [0.3, 0.4) is 0 Å². The van der Waals surface area contributed by atoms with Gasteiger partial charge in [0.15, 0.2) is 0 Å². The molecule has 1 aliphatic heterocycles. The summed E-state index contributed by atoms with van der Waals surface area (Å²) in [6.45, 7) is 5.32. The lowest BCUT2D eigenvalue weighted by molar-refractivity contribution is -0.137. The van der Waals surface area contributed by atoms with E-state index in [0.717, 1.165) is 35.4 Å². The zero-order chi connectivity index (χ0) is 25.4. The molecule has 9 heteroatoms. The monoisotopic (exact) mass is 506 g/mol. The Balaban J connectivity index is 1.52. The molecule has 2 aromatic carbocycles. The lowest BCUT2D eigenvalue weighted by atomic mass is 9.85. The van der Waals surface area contributed by atoms with Crippen molar-refractivity contribution in [2.24, 2.45) is 5.92 Å². The number of rotatable bonds is 3. The topological polar surface area (TPSA) is 67.4 Å². The molecule has 0 bridgehead atoms. The first-order valence-electron chi connectivity index (χ1n) is 11.7. The van der Waals surface area contributed by atoms with Crippen molar-refractivity contribution in [1.29, 1.82) is 0 Å². The standard InChI is InChI=1S/C26H29F3N2O3S/c1-25(2,3)34-24(33)30-18-9-6-8-16(11-18)23(32)31-20-13-17(26(27,28)29)14-22-19(20)12-15-7-4-5-10-21(15)35-22/h4-5,7,10,13-14,16,18H,6,8-9,11-12H2,1-3H3,(H,30,33)(H,31,32). The molecule has 1 heterocycles. The van der Waals surface area contributed by atoms with Crippen LogP contribution in [0, 0.1) is 5.92 Å². The third-order valence-electron chi connectivity index (χ3n) is 6.12. The third-order valence-corrected chi connectivity index (χ3v) is 7.32. The predicted molar refractivity (Wildman–Crippen MR) is 129 cm³/mol. The van der Waals surface area contributed by atoms with Crippen molar-refractivity contribution in [3.8, 4) is 0 Å². The highest BCUT2D eigenvalue weighted by molar-refractivity contribution is 7.99. The van der Waals surface area contributed by atoms with Crippen molar-refractivity contribution >= 4 is 29.4 Å². The molecule has 2 atom stereocenters. The summed E-state index contributed by atoms with van der Waals surface area (Å²) < 4.78 is 46.2. The van der Waals surface area contributed by atoms with E-state index in [1.54, 1.807) is 20.8 Å². The van der Waals surface area contributed by atoms with Gasteiger partial charge in [-0.15, -0.1) is 0 Å². The molecule has 5 nitrogen and oxygen atoms in total. The van der Waals surface area contributed by atoms with Crippen molar-refractivity contribution in [1.82, 2.24) is 5.32 Å². The number of alkyl carbamates (subject to hydrolysis) is 1. The Morgan fingerprint density at radius 2 is 1.80 bits per heavy atom. The van der Waals surface area contributed by atoms with Gasteiger partial charge in [-0.05, 0) is 69.4 Å². The molecule has 0 spiro atoms. The average molecular weight is 507 g/mol. The first kappa shape index (κ1) is 25.4. The van der Waals surface area contributed by atoms with Crippen molar-refractivity contribution in [2.75, 3.05) is 5.32 Å². The molecule has 0 radical (unpaired) electrons. The molecule has 0 saturated heterocycles. The van der Waals surface area contributed by atoms with Crippen LogP contribution < -0.4 is 10.6 Å². The number of anilines is 1. The highest BCUT2D eigenvalue weighted by Crippen LogP contribution is 2.45. The summed E-state index contributed by atoms with van der Waals surface area (Å²) in [5.74, 6) is -0.747. The summed E-state index contributed by atoms with van der Waals surface area (Å²) in [6, 6.07) is 9.55. The largest absolute Gasteiger partial charge is 0.444 e. The molecule has 4 rings (SSSR count). The SMILES string of the molecule is CC(C)(C)OC(=O)NC1CCCC(C(=O)Nc2cc(C(F)(F)F)cc3c2Cc2ccccc2S3)C1. The van der Waals surface area contributed by atoms with E-state index in [2.05, 4.69) is 10.6 Å². The maximum Gasteiger partial charge on any atom is 0.416 e. The number of benzene rings is 2. The number of nitrogens with one attached hydrogen (secondary N) is 2. The van der Waals surface area contributed by atoms with Crippen LogP contribution in [0.1, 0.15) is 63.1 Å². The fourth-order valence-corrected chi connectivity index (χ4v) is 5.67. The van der Waals surface area contributed by atoms with Crippen molar-refractivity contribution in [3.63, 3.8) is 0 Å². The molecule has 1 saturated carbocycles. The lowest BCUT2D eigenvalue weighted by Crippen LogP contribution is -2.43. The zero-order valence-electron chi connectivity index (χ0n) is 19.9. The summed E-state index contributed by atoms with van der Waals surface area (Å²) in [5, 5.41) is 5.62. The van der Waals surface area contributed by atoms with E-state index < -0.39 is 29.4 Å². The van der Waals surface area contributed by atoms with Crippen LogP contribution in [0.2, 0.25) is 0 Å². The highest BCUT2D eigenvalue weighted by Gasteiger charge is 2.35. The van der Waals surface area contributed by atoms with E-state index in [1.165, 1.54) is 11.8 Å². The second kappa shape index (κ2) is 9.76. The fraction of sp³-hybridized carbons (Fsp3) is 0.462. The summed E-state index contributed by atoms with van der Waals surface area (Å²) in [5.41, 5.74) is 0.485. The number of halogens is 3. The number of hydrogen-bond acceptors (Lipinski definition) is 4. The zero-order valence-corrected chi connectivity index (χ0v) is 20.7. The summed E-state index contributed by atoms with van der Waals surface area (Å²) in [7, 11) is 0. The van der Waals surface area contributed by atoms with Crippen molar-refractivity contribution in [3.05, 3.63) is 53.1 Å². The smallest absolute Gasteiger partial charge is 0.416 e. The molecule has 2 unspecified atom stereocenters. The van der Waals surface area contributed by atoms with Gasteiger partial charge >= 0.3 is 12.3 Å². The van der Waals surface area contributed by atoms with Crippen LogP contribution in [-0.2, 0) is 22.1 Å². The summed E-state index contributed by atoms with van der Waals surface area (Å²) in [4.78, 5) is 26.7. The second-order valence-electron chi connectivity index (χ2n) is 10.1. The van der Waals surface area contributed by atoms with E-state index in [4.69, 9.17) is 4.74 Å². The number of carbonyl (C=O) groups excluding carboxylic acids is 2. The van der Waals surface area contributed by atoms with Gasteiger partial charge < -0.3 is 15.4 Å². The predicted octanol–water partition coefficient (Wildman–Crippen LogP) is 6.78. The first-order chi connectivity index (χ1) is 16.4. The van der Waals surface area contributed by atoms with Crippen LogP contribution in [0.4, 0.5) is 23.7 Å². The summed E-state index contributed by atoms with van der Waals surface area (Å²) >= 11 is 1.29. The lowest BCUT2D eigenvalue weighted by Gasteiger charge is -2.30. The molecule has 35 heavy (non-hydrogen) atoms. The number of hydrogen-bond donors (Lipinski definition) is 2. The minimum absolute atomic E-state index is 0.198. The van der Waals surface area contributed by atoms with Gasteiger partial charge in [-0.25, -0.2) is 4.79 Å². The van der Waals surface area contributed by atoms with Crippen LogP contribution in [0.25, 0.3) is 0 Å². The Kier molecular flexibility index (Phi) is 7.09. The number of alkyl halides is 3. The summed E-state index contributed by atoms with van der Waals surface area (Å²) in [6.07, 6.45) is -2.16. The number of carbonyl (C=O) groups is 2. The minimum Gasteiger partial charge on any atom is -0.444 e. The molecular formula is C26H29F3N2O3S. The maximum absolute atomic E-state index is 13.6. The quantitative estimate of drug-likeness (QED) is 0.411. The number of fused-ring (bicyclic) bond motifs is 2. The van der Waals surface area contributed by atoms with E-state index in [1.807, 2.05) is 24.3 Å². The van der Waals surface area contributed by atoms with Gasteiger partial charge in [-0.2, -0.15) is 13.2 Å². The molecular weight excluding hydrogens is 477 g/mol. The van der Waals surface area contributed by atoms with Gasteiger partial charge in [-0.3, -0.25) is 4.79 Å². The molecule has 2 N–H and O–H groups in total. The van der Waals surface area contributed by atoms with Crippen LogP contribution in [0.5, 0.6) is 0 Å². The van der Waals surface area contributed by atoms with Gasteiger partial charge in [0.25, 0.3) is 0 Å². The Hall–Kier alpha value is -2.68. The Morgan fingerprint density at radius 3 is 2.51 bits per heavy atom. The van der Waals surface area contributed by atoms with Gasteiger partial charge in [0, 0.05) is 33.9 Å².